The second kappa shape index (κ2) is 9.89. The van der Waals surface area contributed by atoms with Crippen molar-refractivity contribution in [2.24, 2.45) is 0 Å². The third-order valence-electron chi connectivity index (χ3n) is 5.43. The van der Waals surface area contributed by atoms with Gasteiger partial charge in [0.25, 0.3) is 0 Å². The number of hydrogen-bond acceptors (Lipinski definition) is 5. The van der Waals surface area contributed by atoms with E-state index in [0.717, 1.165) is 34.2 Å². The summed E-state index contributed by atoms with van der Waals surface area (Å²) in [5, 5.41) is 9.91. The van der Waals surface area contributed by atoms with Gasteiger partial charge in [-0.3, -0.25) is 0 Å². The predicted molar refractivity (Wildman–Crippen MR) is 117 cm³/mol. The van der Waals surface area contributed by atoms with Crippen molar-refractivity contribution in [2.45, 2.75) is 46.5 Å². The molecule has 2 aromatic carbocycles. The van der Waals surface area contributed by atoms with Crippen molar-refractivity contribution in [2.75, 3.05) is 11.4 Å². The van der Waals surface area contributed by atoms with Gasteiger partial charge in [0, 0.05) is 25.5 Å². The summed E-state index contributed by atoms with van der Waals surface area (Å²) in [6.45, 7) is 6.89. The van der Waals surface area contributed by atoms with E-state index >= 15 is 0 Å². The number of alkyl halides is 3. The van der Waals surface area contributed by atoms with Gasteiger partial charge in [0.15, 0.2) is 0 Å². The number of hydrogen-bond donors (Lipinski definition) is 1. The Labute approximate surface area is 185 Å². The molecular weight excluding hydrogens is 419 g/mol. The second-order valence-electron chi connectivity index (χ2n) is 7.60. The fourth-order valence-electron chi connectivity index (χ4n) is 3.35. The van der Waals surface area contributed by atoms with E-state index in [0.29, 0.717) is 25.5 Å². The predicted octanol–water partition coefficient (Wildman–Crippen LogP) is 5.51. The van der Waals surface area contributed by atoms with Crippen LogP contribution in [0, 0.1) is 13.8 Å². The molecular formula is C24H26F3N3O2. The van der Waals surface area contributed by atoms with E-state index in [-0.39, 0.29) is 11.5 Å². The van der Waals surface area contributed by atoms with Gasteiger partial charge in [-0.05, 0) is 72.7 Å². The number of halogens is 3. The van der Waals surface area contributed by atoms with E-state index in [2.05, 4.69) is 14.7 Å². The molecule has 0 spiro atoms. The number of rotatable bonds is 8. The maximum Gasteiger partial charge on any atom is 0.573 e. The minimum absolute atomic E-state index is 0.258. The third kappa shape index (κ3) is 6.12. The van der Waals surface area contributed by atoms with Gasteiger partial charge in [-0.2, -0.15) is 0 Å². The molecule has 32 heavy (non-hydrogen) atoms. The minimum atomic E-state index is -4.72. The first-order chi connectivity index (χ1) is 15.2. The van der Waals surface area contributed by atoms with Crippen LogP contribution in [-0.4, -0.2) is 28.0 Å². The Morgan fingerprint density at radius 3 is 2.19 bits per heavy atom. The Morgan fingerprint density at radius 2 is 1.59 bits per heavy atom. The van der Waals surface area contributed by atoms with Gasteiger partial charge < -0.3 is 14.7 Å². The third-order valence-corrected chi connectivity index (χ3v) is 5.43. The first-order valence-corrected chi connectivity index (χ1v) is 10.3. The Hall–Kier alpha value is -3.29. The summed E-state index contributed by atoms with van der Waals surface area (Å²) in [5.41, 5.74) is 4.80. The van der Waals surface area contributed by atoms with Gasteiger partial charge in [0.1, 0.15) is 11.5 Å². The van der Waals surface area contributed by atoms with Crippen molar-refractivity contribution >= 4 is 5.95 Å². The van der Waals surface area contributed by atoms with Crippen LogP contribution in [0.4, 0.5) is 19.1 Å². The maximum atomic E-state index is 12.4. The summed E-state index contributed by atoms with van der Waals surface area (Å²) in [6, 6.07) is 9.40. The molecule has 0 saturated carbocycles. The molecule has 8 heteroatoms. The first kappa shape index (κ1) is 23.4. The monoisotopic (exact) mass is 445 g/mol. The van der Waals surface area contributed by atoms with Crippen LogP contribution in [0.1, 0.15) is 34.7 Å². The SMILES string of the molecule is CCc1cnc(N(CCc2ccc(O)c(C)c2C)Cc2ccc(OC(F)(F)F)cc2)nc1. The lowest BCUT2D eigenvalue weighted by atomic mass is 10.00. The smallest absolute Gasteiger partial charge is 0.508 e. The van der Waals surface area contributed by atoms with Crippen molar-refractivity contribution in [3.8, 4) is 11.5 Å². The van der Waals surface area contributed by atoms with E-state index in [1.807, 2.05) is 31.7 Å². The molecule has 0 bridgehead atoms. The zero-order valence-corrected chi connectivity index (χ0v) is 18.3. The summed E-state index contributed by atoms with van der Waals surface area (Å²) in [5.74, 6) is 0.556. The van der Waals surface area contributed by atoms with Crippen LogP contribution >= 0.6 is 0 Å². The highest BCUT2D eigenvalue weighted by Gasteiger charge is 2.31. The zero-order valence-electron chi connectivity index (χ0n) is 18.3. The average molecular weight is 445 g/mol. The van der Waals surface area contributed by atoms with Crippen LogP contribution in [0.5, 0.6) is 11.5 Å². The molecule has 0 radical (unpaired) electrons. The number of benzene rings is 2. The van der Waals surface area contributed by atoms with Crippen molar-refractivity contribution in [3.63, 3.8) is 0 Å². The second-order valence-corrected chi connectivity index (χ2v) is 7.60. The molecule has 1 aromatic heterocycles. The molecule has 5 nitrogen and oxygen atoms in total. The van der Waals surface area contributed by atoms with Gasteiger partial charge >= 0.3 is 6.36 Å². The molecule has 0 aliphatic heterocycles. The van der Waals surface area contributed by atoms with E-state index in [1.165, 1.54) is 12.1 Å². The maximum absolute atomic E-state index is 12.4. The number of aromatic hydroxyl groups is 1. The van der Waals surface area contributed by atoms with Crippen LogP contribution < -0.4 is 9.64 Å². The number of ether oxygens (including phenoxy) is 1. The molecule has 0 atom stereocenters. The number of anilines is 1. The summed E-state index contributed by atoms with van der Waals surface area (Å²) in [4.78, 5) is 10.9. The molecule has 0 saturated heterocycles. The van der Waals surface area contributed by atoms with Crippen molar-refractivity contribution < 1.29 is 23.0 Å². The van der Waals surface area contributed by atoms with Gasteiger partial charge in [-0.15, -0.1) is 13.2 Å². The summed E-state index contributed by atoms with van der Waals surface area (Å²) < 4.78 is 41.2. The Morgan fingerprint density at radius 1 is 0.938 bits per heavy atom. The van der Waals surface area contributed by atoms with Crippen LogP contribution in [0.15, 0.2) is 48.8 Å². The number of aryl methyl sites for hydroxylation is 1. The van der Waals surface area contributed by atoms with Crippen LogP contribution in [0.3, 0.4) is 0 Å². The van der Waals surface area contributed by atoms with Gasteiger partial charge in [-0.1, -0.05) is 25.1 Å². The van der Waals surface area contributed by atoms with Crippen molar-refractivity contribution in [1.29, 1.82) is 0 Å². The zero-order chi connectivity index (χ0) is 23.3. The lowest BCUT2D eigenvalue weighted by molar-refractivity contribution is -0.274. The summed E-state index contributed by atoms with van der Waals surface area (Å²) in [6.07, 6.45) is 0.369. The largest absolute Gasteiger partial charge is 0.573 e. The molecule has 1 N–H and O–H groups in total. The molecule has 1 heterocycles. The Balaban J connectivity index is 1.80. The van der Waals surface area contributed by atoms with Crippen LogP contribution in [0.25, 0.3) is 0 Å². The standard InChI is InChI=1S/C24H26F3N3O2/c1-4-18-13-28-23(29-14-18)30(12-11-20-7-10-22(31)17(3)16(20)2)15-19-5-8-21(9-6-19)32-24(25,26)27/h5-10,13-14,31H,4,11-12,15H2,1-3H3. The number of phenols is 1. The Kier molecular flexibility index (Phi) is 7.22. The molecule has 170 valence electrons. The highest BCUT2D eigenvalue weighted by molar-refractivity contribution is 5.43. The summed E-state index contributed by atoms with van der Waals surface area (Å²) >= 11 is 0. The number of nitrogens with zero attached hydrogens (tertiary/aromatic N) is 3. The molecule has 0 unspecified atom stereocenters. The van der Waals surface area contributed by atoms with Crippen molar-refractivity contribution in [1.82, 2.24) is 9.97 Å². The average Bonchev–Trinajstić information content (AvgIpc) is 2.76. The molecule has 3 rings (SSSR count). The van der Waals surface area contributed by atoms with Crippen LogP contribution in [0.2, 0.25) is 0 Å². The fraction of sp³-hybridized carbons (Fsp3) is 0.333. The number of phenolic OH excluding ortho intramolecular Hbond substituents is 1. The lowest BCUT2D eigenvalue weighted by Crippen LogP contribution is -2.27. The molecule has 3 aromatic rings. The molecule has 0 aliphatic rings. The quantitative estimate of drug-likeness (QED) is 0.496. The van der Waals surface area contributed by atoms with E-state index in [1.54, 1.807) is 30.6 Å². The van der Waals surface area contributed by atoms with E-state index in [9.17, 15) is 18.3 Å². The lowest BCUT2D eigenvalue weighted by Gasteiger charge is -2.24. The van der Waals surface area contributed by atoms with Gasteiger partial charge in [0.05, 0.1) is 0 Å². The molecule has 0 aliphatic carbocycles. The topological polar surface area (TPSA) is 58.5 Å². The number of aromatic nitrogens is 2. The highest BCUT2D eigenvalue weighted by Crippen LogP contribution is 2.25. The normalized spacial score (nSPS) is 11.4. The molecule has 0 amide bonds. The van der Waals surface area contributed by atoms with Crippen LogP contribution in [-0.2, 0) is 19.4 Å². The molecule has 0 fully saturated rings. The first-order valence-electron chi connectivity index (χ1n) is 10.3. The van der Waals surface area contributed by atoms with E-state index in [4.69, 9.17) is 0 Å². The van der Waals surface area contributed by atoms with Crippen molar-refractivity contribution in [3.05, 3.63) is 76.6 Å². The highest BCUT2D eigenvalue weighted by atomic mass is 19.4. The summed E-state index contributed by atoms with van der Waals surface area (Å²) in [7, 11) is 0. The van der Waals surface area contributed by atoms with E-state index < -0.39 is 6.36 Å². The Bertz CT molecular complexity index is 1040. The fourth-order valence-corrected chi connectivity index (χ4v) is 3.35. The van der Waals surface area contributed by atoms with Gasteiger partial charge in [0.2, 0.25) is 5.95 Å². The van der Waals surface area contributed by atoms with Gasteiger partial charge in [-0.25, -0.2) is 9.97 Å². The minimum Gasteiger partial charge on any atom is -0.508 e.